The maximum absolute atomic E-state index is 15.8. The van der Waals surface area contributed by atoms with Gasteiger partial charge in [-0.2, -0.15) is 0 Å². The van der Waals surface area contributed by atoms with Gasteiger partial charge < -0.3 is 23.5 Å². The first kappa shape index (κ1) is 26.0. The second-order valence-corrected chi connectivity index (χ2v) is 9.90. The van der Waals surface area contributed by atoms with Gasteiger partial charge in [-0.15, -0.1) is 0 Å². The van der Waals surface area contributed by atoms with Crippen LogP contribution >= 0.6 is 0 Å². The molecule has 0 saturated carbocycles. The summed E-state index contributed by atoms with van der Waals surface area (Å²) in [5, 5.41) is 1.76. The summed E-state index contributed by atoms with van der Waals surface area (Å²) in [7, 11) is 0. The van der Waals surface area contributed by atoms with E-state index in [4.69, 9.17) is 18.6 Å². The Labute approximate surface area is 237 Å². The highest BCUT2D eigenvalue weighted by Gasteiger charge is 2.47. The monoisotopic (exact) mass is 575 g/mol. The van der Waals surface area contributed by atoms with E-state index in [0.29, 0.717) is 28.0 Å². The zero-order valence-corrected chi connectivity index (χ0v) is 22.2. The summed E-state index contributed by atoms with van der Waals surface area (Å²) in [4.78, 5) is 40.8. The van der Waals surface area contributed by atoms with Gasteiger partial charge in [0.05, 0.1) is 32.1 Å². The number of furan rings is 1. The molecule has 3 aliphatic rings. The molecule has 2 aromatic carbocycles. The van der Waals surface area contributed by atoms with Crippen LogP contribution in [0.1, 0.15) is 34.6 Å². The molecule has 4 aromatic rings. The minimum atomic E-state index is -1.14. The van der Waals surface area contributed by atoms with Crippen LogP contribution in [0.2, 0.25) is 0 Å². The highest BCUT2D eigenvalue weighted by Crippen LogP contribution is 2.49. The van der Waals surface area contributed by atoms with Gasteiger partial charge in [0.15, 0.2) is 17.3 Å². The first-order valence-corrected chi connectivity index (χ1v) is 13.3. The van der Waals surface area contributed by atoms with Gasteiger partial charge in [-0.25, -0.2) is 13.6 Å². The Balaban J connectivity index is 1.54. The number of morpholine rings is 1. The fourth-order valence-corrected chi connectivity index (χ4v) is 6.03. The SMILES string of the molecule is CCOC(=O)Oc1c2n(ccc1=O)N([C@@H]1c3ccccc3-c3occc3-c3c1ccc(F)c3F)[C@@H]1COCCN1C2=O. The Morgan fingerprint density at radius 2 is 1.88 bits per heavy atom. The molecule has 1 fully saturated rings. The lowest BCUT2D eigenvalue weighted by atomic mass is 9.92. The molecule has 1 amide bonds. The molecule has 12 heteroatoms. The van der Waals surface area contributed by atoms with Crippen molar-refractivity contribution in [3.05, 3.63) is 99.7 Å². The van der Waals surface area contributed by atoms with Crippen LogP contribution in [0.3, 0.4) is 0 Å². The number of rotatable bonds is 3. The number of pyridine rings is 1. The first-order chi connectivity index (χ1) is 20.4. The highest BCUT2D eigenvalue weighted by molar-refractivity contribution is 5.97. The predicted octanol–water partition coefficient (Wildman–Crippen LogP) is 4.44. The molecule has 7 rings (SSSR count). The van der Waals surface area contributed by atoms with E-state index in [1.54, 1.807) is 24.1 Å². The van der Waals surface area contributed by atoms with E-state index in [1.807, 2.05) is 18.2 Å². The van der Waals surface area contributed by atoms with Crippen molar-refractivity contribution in [3.8, 4) is 28.2 Å². The Bertz CT molecular complexity index is 1820. The van der Waals surface area contributed by atoms with Crippen LogP contribution in [0.4, 0.5) is 13.6 Å². The summed E-state index contributed by atoms with van der Waals surface area (Å²) < 4.78 is 53.8. The number of amides is 1. The summed E-state index contributed by atoms with van der Waals surface area (Å²) in [6.07, 6.45) is 0.939. The number of fused-ring (bicyclic) bond motifs is 7. The molecule has 0 spiro atoms. The van der Waals surface area contributed by atoms with Crippen molar-refractivity contribution in [2.24, 2.45) is 0 Å². The Hall–Kier alpha value is -4.97. The summed E-state index contributed by atoms with van der Waals surface area (Å²) in [5.74, 6) is -2.79. The molecule has 0 bridgehead atoms. The van der Waals surface area contributed by atoms with Gasteiger partial charge in [0.25, 0.3) is 5.91 Å². The van der Waals surface area contributed by atoms with Crippen molar-refractivity contribution in [1.82, 2.24) is 9.58 Å². The van der Waals surface area contributed by atoms with Crippen molar-refractivity contribution in [2.75, 3.05) is 31.4 Å². The zero-order chi connectivity index (χ0) is 29.1. The minimum Gasteiger partial charge on any atom is -0.464 e. The van der Waals surface area contributed by atoms with E-state index < -0.39 is 47.1 Å². The lowest BCUT2D eigenvalue weighted by Crippen LogP contribution is -2.66. The summed E-state index contributed by atoms with van der Waals surface area (Å²) in [6, 6.07) is 11.7. The number of carbonyl (C=O) groups is 2. The molecule has 42 heavy (non-hydrogen) atoms. The number of benzene rings is 2. The van der Waals surface area contributed by atoms with Crippen molar-refractivity contribution >= 4 is 12.1 Å². The minimum absolute atomic E-state index is 0.00530. The topological polar surface area (TPSA) is 103 Å². The summed E-state index contributed by atoms with van der Waals surface area (Å²) in [6.45, 7) is 2.04. The highest BCUT2D eigenvalue weighted by atomic mass is 19.2. The van der Waals surface area contributed by atoms with E-state index in [-0.39, 0.29) is 37.6 Å². The quantitative estimate of drug-likeness (QED) is 0.331. The number of hydrogen-bond donors (Lipinski definition) is 0. The third kappa shape index (κ3) is 3.75. The van der Waals surface area contributed by atoms with Crippen molar-refractivity contribution < 1.29 is 37.0 Å². The molecule has 214 valence electrons. The van der Waals surface area contributed by atoms with Crippen LogP contribution in [-0.2, 0) is 9.47 Å². The lowest BCUT2D eigenvalue weighted by Gasteiger charge is -2.51. The number of halogens is 2. The third-order valence-corrected chi connectivity index (χ3v) is 7.72. The largest absolute Gasteiger partial charge is 0.514 e. The second-order valence-electron chi connectivity index (χ2n) is 9.90. The van der Waals surface area contributed by atoms with Crippen molar-refractivity contribution in [2.45, 2.75) is 19.1 Å². The Kier molecular flexibility index (Phi) is 6.08. The lowest BCUT2D eigenvalue weighted by molar-refractivity contribution is -0.0197. The van der Waals surface area contributed by atoms with E-state index >= 15 is 4.39 Å². The average Bonchev–Trinajstić information content (AvgIpc) is 3.43. The fourth-order valence-electron chi connectivity index (χ4n) is 6.03. The van der Waals surface area contributed by atoms with Crippen LogP contribution in [0.5, 0.6) is 5.75 Å². The molecule has 0 radical (unpaired) electrons. The second kappa shape index (κ2) is 9.84. The Morgan fingerprint density at radius 3 is 2.71 bits per heavy atom. The van der Waals surface area contributed by atoms with Gasteiger partial charge in [-0.3, -0.25) is 19.3 Å². The maximum Gasteiger partial charge on any atom is 0.514 e. The zero-order valence-electron chi connectivity index (χ0n) is 22.2. The smallest absolute Gasteiger partial charge is 0.464 e. The van der Waals surface area contributed by atoms with E-state index in [9.17, 15) is 18.8 Å². The number of carbonyl (C=O) groups excluding carboxylic acids is 2. The van der Waals surface area contributed by atoms with Gasteiger partial charge in [0.2, 0.25) is 11.2 Å². The fraction of sp³-hybridized carbons (Fsp3) is 0.233. The molecule has 2 aromatic heterocycles. The number of aromatic nitrogens is 1. The third-order valence-electron chi connectivity index (χ3n) is 7.72. The number of nitrogens with zero attached hydrogens (tertiary/aromatic N) is 3. The van der Waals surface area contributed by atoms with Crippen LogP contribution in [0, 0.1) is 11.6 Å². The molecular formula is C30H23F2N3O7. The number of ether oxygens (including phenoxy) is 3. The number of hydrogen-bond acceptors (Lipinski definition) is 8. The first-order valence-electron chi connectivity index (χ1n) is 13.3. The predicted molar refractivity (Wildman–Crippen MR) is 144 cm³/mol. The van der Waals surface area contributed by atoms with Crippen LogP contribution in [-0.4, -0.2) is 54.2 Å². The van der Waals surface area contributed by atoms with E-state index in [1.165, 1.54) is 28.1 Å². The summed E-state index contributed by atoms with van der Waals surface area (Å²) in [5.41, 5.74) is 1.14. The molecular weight excluding hydrogens is 552 g/mol. The van der Waals surface area contributed by atoms with Crippen LogP contribution in [0.15, 0.2) is 70.2 Å². The normalized spacial score (nSPS) is 18.7. The summed E-state index contributed by atoms with van der Waals surface area (Å²) >= 11 is 0. The maximum atomic E-state index is 15.8. The standard InChI is InChI=1S/C30H23F2N3O7/c1-2-40-30(38)42-28-21(36)9-11-34-26(28)29(37)33-12-14-39-15-22(33)35(34)25-16-5-3-4-6-17(16)27-19(10-13-41-27)23-18(25)7-8-20(31)24(23)32/h3-11,13,22,25H,2,12,14-15H2,1H3/t22-,25-/m1/s1. The molecule has 4 heterocycles. The molecule has 1 saturated heterocycles. The van der Waals surface area contributed by atoms with Crippen molar-refractivity contribution in [1.29, 1.82) is 0 Å². The van der Waals surface area contributed by atoms with Crippen molar-refractivity contribution in [3.63, 3.8) is 0 Å². The molecule has 2 atom stereocenters. The molecule has 1 aliphatic carbocycles. The molecule has 0 unspecified atom stereocenters. The molecule has 10 nitrogen and oxygen atoms in total. The van der Waals surface area contributed by atoms with Gasteiger partial charge in [-0.05, 0) is 30.2 Å². The van der Waals surface area contributed by atoms with Gasteiger partial charge >= 0.3 is 6.16 Å². The van der Waals surface area contributed by atoms with Crippen LogP contribution in [0.25, 0.3) is 22.5 Å². The van der Waals surface area contributed by atoms with Gasteiger partial charge in [0, 0.05) is 35.5 Å². The van der Waals surface area contributed by atoms with E-state index in [0.717, 1.165) is 12.1 Å². The van der Waals surface area contributed by atoms with Gasteiger partial charge in [0.1, 0.15) is 11.9 Å². The van der Waals surface area contributed by atoms with Crippen LogP contribution < -0.4 is 15.2 Å². The van der Waals surface area contributed by atoms with Gasteiger partial charge in [-0.1, -0.05) is 30.3 Å². The van der Waals surface area contributed by atoms with E-state index in [2.05, 4.69) is 0 Å². The molecule has 2 aliphatic heterocycles. The average molecular weight is 576 g/mol. The Morgan fingerprint density at radius 1 is 1.05 bits per heavy atom. The molecule has 0 N–H and O–H groups in total.